The number of carbonyl (C=O) groups is 2. The van der Waals surface area contributed by atoms with Gasteiger partial charge < -0.3 is 15.4 Å². The van der Waals surface area contributed by atoms with Crippen LogP contribution >= 0.6 is 11.8 Å². The number of aryl methyl sites for hydroxylation is 1. The Morgan fingerprint density at radius 2 is 1.61 bits per heavy atom. The number of hydrogen-bond acceptors (Lipinski definition) is 4. The summed E-state index contributed by atoms with van der Waals surface area (Å²) >= 11 is 1.76. The van der Waals surface area contributed by atoms with Crippen molar-refractivity contribution in [3.63, 3.8) is 0 Å². The molecule has 0 aromatic heterocycles. The number of thioether (sulfide) groups is 1. The second kappa shape index (κ2) is 11.3. The molecule has 0 fully saturated rings. The first-order valence-corrected chi connectivity index (χ1v) is 11.0. The van der Waals surface area contributed by atoms with Crippen molar-refractivity contribution in [2.24, 2.45) is 0 Å². The van der Waals surface area contributed by atoms with Gasteiger partial charge in [-0.25, -0.2) is 0 Å². The Labute approximate surface area is 187 Å². The average molecular weight is 435 g/mol. The third-order valence-corrected chi connectivity index (χ3v) is 5.74. The van der Waals surface area contributed by atoms with Crippen LogP contribution in [-0.2, 0) is 10.5 Å². The third-order valence-electron chi connectivity index (χ3n) is 4.65. The van der Waals surface area contributed by atoms with Gasteiger partial charge in [-0.15, -0.1) is 11.8 Å². The molecule has 0 aliphatic rings. The molecule has 0 saturated carbocycles. The number of anilines is 1. The number of para-hydroxylation sites is 1. The van der Waals surface area contributed by atoms with Crippen molar-refractivity contribution in [3.05, 3.63) is 95.1 Å². The van der Waals surface area contributed by atoms with E-state index in [0.717, 1.165) is 11.3 Å². The average Bonchev–Trinajstić information content (AvgIpc) is 2.79. The monoisotopic (exact) mass is 434 g/mol. The molecule has 160 valence electrons. The van der Waals surface area contributed by atoms with E-state index in [1.54, 1.807) is 43.1 Å². The summed E-state index contributed by atoms with van der Waals surface area (Å²) in [5.41, 5.74) is 3.81. The highest BCUT2D eigenvalue weighted by Crippen LogP contribution is 2.23. The Kier molecular flexibility index (Phi) is 8.27. The van der Waals surface area contributed by atoms with Crippen LogP contribution in [0.2, 0.25) is 0 Å². The molecule has 0 saturated heterocycles. The van der Waals surface area contributed by atoms with Gasteiger partial charge in [0.1, 0.15) is 0 Å². The Bertz CT molecular complexity index is 1020. The topological polar surface area (TPSA) is 67.4 Å². The zero-order valence-corrected chi connectivity index (χ0v) is 18.5. The molecule has 5 nitrogen and oxygen atoms in total. The SMILES string of the molecule is COCCNC(=O)c1ccccc1NC(=O)c1ccc(CSc2ccc(C)cc2)cc1. The Hall–Kier alpha value is -3.09. The van der Waals surface area contributed by atoms with Gasteiger partial charge in [0.15, 0.2) is 0 Å². The van der Waals surface area contributed by atoms with Crippen molar-refractivity contribution in [2.45, 2.75) is 17.6 Å². The van der Waals surface area contributed by atoms with Crippen LogP contribution in [0.25, 0.3) is 0 Å². The minimum absolute atomic E-state index is 0.253. The number of carbonyl (C=O) groups excluding carboxylic acids is 2. The lowest BCUT2D eigenvalue weighted by molar-refractivity contribution is 0.0938. The second-order valence-electron chi connectivity index (χ2n) is 7.05. The lowest BCUT2D eigenvalue weighted by Gasteiger charge is -2.11. The third kappa shape index (κ3) is 6.70. The standard InChI is InChI=1S/C25H26N2O3S/c1-18-7-13-21(14-8-18)31-17-19-9-11-20(12-10-19)24(28)27-23-6-4-3-5-22(23)25(29)26-15-16-30-2/h3-14H,15-17H2,1-2H3,(H,26,29)(H,27,28). The summed E-state index contributed by atoms with van der Waals surface area (Å²) in [6.45, 7) is 2.90. The summed E-state index contributed by atoms with van der Waals surface area (Å²) in [6, 6.07) is 22.9. The smallest absolute Gasteiger partial charge is 0.255 e. The number of amides is 2. The maximum Gasteiger partial charge on any atom is 0.255 e. The van der Waals surface area contributed by atoms with E-state index in [-0.39, 0.29) is 11.8 Å². The molecule has 3 aromatic carbocycles. The molecule has 0 heterocycles. The minimum atomic E-state index is -0.255. The van der Waals surface area contributed by atoms with Crippen LogP contribution in [0.3, 0.4) is 0 Å². The van der Waals surface area contributed by atoms with Crippen LogP contribution in [0.15, 0.2) is 77.7 Å². The number of nitrogens with one attached hydrogen (secondary N) is 2. The molecule has 2 N–H and O–H groups in total. The number of hydrogen-bond donors (Lipinski definition) is 2. The molecule has 2 amide bonds. The number of rotatable bonds is 9. The summed E-state index contributed by atoms with van der Waals surface area (Å²) in [7, 11) is 1.58. The van der Waals surface area contributed by atoms with Gasteiger partial charge in [-0.2, -0.15) is 0 Å². The van der Waals surface area contributed by atoms with Crippen LogP contribution in [0.4, 0.5) is 5.69 Å². The quantitative estimate of drug-likeness (QED) is 0.371. The largest absolute Gasteiger partial charge is 0.383 e. The first kappa shape index (κ1) is 22.6. The van der Waals surface area contributed by atoms with Crippen LogP contribution in [-0.4, -0.2) is 32.1 Å². The van der Waals surface area contributed by atoms with Crippen molar-refractivity contribution in [1.82, 2.24) is 5.32 Å². The summed E-state index contributed by atoms with van der Waals surface area (Å²) < 4.78 is 4.95. The van der Waals surface area contributed by atoms with E-state index in [1.165, 1.54) is 10.5 Å². The van der Waals surface area contributed by atoms with Gasteiger partial charge in [0.2, 0.25) is 0 Å². The molecule has 0 atom stereocenters. The molecule has 0 bridgehead atoms. The normalized spacial score (nSPS) is 10.5. The minimum Gasteiger partial charge on any atom is -0.383 e. The highest BCUT2D eigenvalue weighted by Gasteiger charge is 2.14. The zero-order valence-electron chi connectivity index (χ0n) is 17.7. The van der Waals surface area contributed by atoms with Gasteiger partial charge in [-0.05, 0) is 48.9 Å². The van der Waals surface area contributed by atoms with E-state index in [1.807, 2.05) is 24.3 Å². The van der Waals surface area contributed by atoms with E-state index >= 15 is 0 Å². The summed E-state index contributed by atoms with van der Waals surface area (Å²) in [6.07, 6.45) is 0. The van der Waals surface area contributed by atoms with Crippen molar-refractivity contribution >= 4 is 29.3 Å². The van der Waals surface area contributed by atoms with Gasteiger partial charge in [-0.3, -0.25) is 9.59 Å². The van der Waals surface area contributed by atoms with E-state index in [9.17, 15) is 9.59 Å². The molecule has 0 spiro atoms. The van der Waals surface area contributed by atoms with Gasteiger partial charge in [-0.1, -0.05) is 42.0 Å². The van der Waals surface area contributed by atoms with E-state index in [4.69, 9.17) is 4.74 Å². The highest BCUT2D eigenvalue weighted by molar-refractivity contribution is 7.98. The van der Waals surface area contributed by atoms with Crippen molar-refractivity contribution in [2.75, 3.05) is 25.6 Å². The molecular weight excluding hydrogens is 408 g/mol. The predicted octanol–water partition coefficient (Wildman–Crippen LogP) is 4.92. The van der Waals surface area contributed by atoms with E-state index < -0.39 is 0 Å². The molecular formula is C25H26N2O3S. The number of ether oxygens (including phenoxy) is 1. The number of benzene rings is 3. The maximum atomic E-state index is 12.7. The Morgan fingerprint density at radius 1 is 0.903 bits per heavy atom. The van der Waals surface area contributed by atoms with Crippen molar-refractivity contribution in [1.29, 1.82) is 0 Å². The maximum absolute atomic E-state index is 12.7. The first-order valence-electron chi connectivity index (χ1n) is 10.0. The fraction of sp³-hybridized carbons (Fsp3) is 0.200. The van der Waals surface area contributed by atoms with Gasteiger partial charge in [0, 0.05) is 29.9 Å². The summed E-state index contributed by atoms with van der Waals surface area (Å²) in [5, 5.41) is 5.62. The fourth-order valence-electron chi connectivity index (χ4n) is 2.90. The Balaban J connectivity index is 1.60. The molecule has 6 heteroatoms. The van der Waals surface area contributed by atoms with Crippen molar-refractivity contribution in [3.8, 4) is 0 Å². The van der Waals surface area contributed by atoms with Crippen LogP contribution < -0.4 is 10.6 Å². The second-order valence-corrected chi connectivity index (χ2v) is 8.10. The van der Waals surface area contributed by atoms with Crippen LogP contribution in [0.5, 0.6) is 0 Å². The van der Waals surface area contributed by atoms with Crippen LogP contribution in [0, 0.1) is 6.92 Å². The fourth-order valence-corrected chi connectivity index (χ4v) is 3.75. The van der Waals surface area contributed by atoms with E-state index in [0.29, 0.717) is 30.0 Å². The number of methoxy groups -OCH3 is 1. The van der Waals surface area contributed by atoms with Gasteiger partial charge >= 0.3 is 0 Å². The zero-order chi connectivity index (χ0) is 22.1. The van der Waals surface area contributed by atoms with Gasteiger partial charge in [0.25, 0.3) is 11.8 Å². The lowest BCUT2D eigenvalue weighted by atomic mass is 10.1. The molecule has 0 radical (unpaired) electrons. The molecule has 31 heavy (non-hydrogen) atoms. The van der Waals surface area contributed by atoms with Crippen molar-refractivity contribution < 1.29 is 14.3 Å². The van der Waals surface area contributed by atoms with Crippen LogP contribution in [0.1, 0.15) is 31.8 Å². The summed E-state index contributed by atoms with van der Waals surface area (Å²) in [4.78, 5) is 26.3. The summed E-state index contributed by atoms with van der Waals surface area (Å²) in [5.74, 6) is 0.321. The van der Waals surface area contributed by atoms with E-state index in [2.05, 4.69) is 41.8 Å². The first-order chi connectivity index (χ1) is 15.1. The Morgan fingerprint density at radius 3 is 2.32 bits per heavy atom. The molecule has 3 aromatic rings. The molecule has 3 rings (SSSR count). The highest BCUT2D eigenvalue weighted by atomic mass is 32.2. The molecule has 0 unspecified atom stereocenters. The lowest BCUT2D eigenvalue weighted by Crippen LogP contribution is -2.28. The predicted molar refractivity (Wildman–Crippen MR) is 126 cm³/mol. The van der Waals surface area contributed by atoms with Gasteiger partial charge in [0.05, 0.1) is 17.9 Å². The molecule has 0 aliphatic carbocycles. The molecule has 0 aliphatic heterocycles.